The zero-order chi connectivity index (χ0) is 47.8. The Hall–Kier alpha value is -6.66. The monoisotopic (exact) mass is 946 g/mol. The van der Waals surface area contributed by atoms with Gasteiger partial charge in [0, 0.05) is 56.2 Å². The van der Waals surface area contributed by atoms with Crippen molar-refractivity contribution in [3.8, 4) is 44.8 Å². The Morgan fingerprint density at radius 2 is 1.04 bits per heavy atom. The summed E-state index contributed by atoms with van der Waals surface area (Å²) in [6, 6.07) is 15.7. The topological polar surface area (TPSA) is 193 Å². The molecule has 1 unspecified atom stereocenters. The van der Waals surface area contributed by atoms with Crippen molar-refractivity contribution in [2.75, 3.05) is 53.7 Å². The van der Waals surface area contributed by atoms with Gasteiger partial charge in [0.1, 0.15) is 23.7 Å². The zero-order valence-corrected chi connectivity index (χ0v) is 38.6. The van der Waals surface area contributed by atoms with E-state index in [1.54, 1.807) is 40.4 Å². The van der Waals surface area contributed by atoms with Crippen molar-refractivity contribution >= 4 is 24.0 Å². The maximum Gasteiger partial charge on any atom is 0.407 e. The molecule has 5 aromatic rings. The number of aromatic nitrogens is 4. The van der Waals surface area contributed by atoms with E-state index in [0.717, 1.165) is 36.1 Å². The number of methoxy groups -OCH3 is 2. The summed E-state index contributed by atoms with van der Waals surface area (Å²) in [4.78, 5) is 72.4. The first-order chi connectivity index (χ1) is 33.5. The quantitative estimate of drug-likeness (QED) is 0.101. The van der Waals surface area contributed by atoms with E-state index in [1.165, 1.54) is 20.3 Å². The average Bonchev–Trinajstić information content (AvgIpc) is 4.26. The largest absolute Gasteiger partial charge is 0.453 e. The molecule has 10 rings (SSSR count). The van der Waals surface area contributed by atoms with Crippen molar-refractivity contribution in [2.45, 2.75) is 81.5 Å². The summed E-state index contributed by atoms with van der Waals surface area (Å²) in [6.07, 6.45) is 7.52. The zero-order valence-electron chi connectivity index (χ0n) is 38.6. The number of alkyl carbamates (subject to hydrolysis) is 2. The SMILES string of the molecule is COC(=O)NC(C(=O)N1CCC[C@H]1c1ncc(-c2ccc(-c3ccc4c(c3)C(F)(F)c3cc(-c5cnc([C@@H]6CCCN6C(=O)[C@@H](NC(=O)OC)C6CCOCC6)[nH]5)ccc3-4)cc2)[nH]1)C1CCOCC1. The van der Waals surface area contributed by atoms with Gasteiger partial charge in [-0.25, -0.2) is 19.6 Å². The first-order valence-electron chi connectivity index (χ1n) is 23.9. The summed E-state index contributed by atoms with van der Waals surface area (Å²) in [5.74, 6) is -2.62. The van der Waals surface area contributed by atoms with Crippen LogP contribution in [0.15, 0.2) is 73.1 Å². The number of H-pyrrole nitrogens is 2. The van der Waals surface area contributed by atoms with Gasteiger partial charge in [0.2, 0.25) is 11.8 Å². The number of hydrogen-bond donors (Lipinski definition) is 4. The number of rotatable bonds is 11. The van der Waals surface area contributed by atoms with Crippen LogP contribution >= 0.6 is 0 Å². The van der Waals surface area contributed by atoms with Gasteiger partial charge in [0.05, 0.1) is 50.1 Å². The maximum atomic E-state index is 16.6. The lowest BCUT2D eigenvalue weighted by Crippen LogP contribution is -2.53. The van der Waals surface area contributed by atoms with Crippen LogP contribution in [0.5, 0.6) is 0 Å². The van der Waals surface area contributed by atoms with E-state index in [-0.39, 0.29) is 46.9 Å². The van der Waals surface area contributed by atoms with Crippen LogP contribution in [0, 0.1) is 11.8 Å². The number of benzene rings is 3. The highest BCUT2D eigenvalue weighted by Crippen LogP contribution is 2.53. The Balaban J connectivity index is 0.827. The van der Waals surface area contributed by atoms with E-state index in [0.29, 0.717) is 111 Å². The molecule has 4 atom stereocenters. The van der Waals surface area contributed by atoms with Crippen molar-refractivity contribution in [1.29, 1.82) is 0 Å². The molecule has 362 valence electrons. The number of hydrogen-bond acceptors (Lipinski definition) is 10. The predicted octanol–water partition coefficient (Wildman–Crippen LogP) is 7.88. The number of carbonyl (C=O) groups excluding carboxylic acids is 4. The summed E-state index contributed by atoms with van der Waals surface area (Å²) in [5, 5.41) is 5.56. The lowest BCUT2D eigenvalue weighted by molar-refractivity contribution is -0.137. The lowest BCUT2D eigenvalue weighted by Gasteiger charge is -2.34. The maximum absolute atomic E-state index is 16.6. The first-order valence-corrected chi connectivity index (χ1v) is 23.9. The highest BCUT2D eigenvalue weighted by Gasteiger charge is 2.46. The van der Waals surface area contributed by atoms with E-state index in [9.17, 15) is 19.2 Å². The highest BCUT2D eigenvalue weighted by atomic mass is 19.3. The number of ether oxygens (including phenoxy) is 4. The molecule has 4 fully saturated rings. The van der Waals surface area contributed by atoms with Crippen LogP contribution in [-0.2, 0) is 34.5 Å². The number of alkyl halides is 2. The molecule has 6 heterocycles. The highest BCUT2D eigenvalue weighted by molar-refractivity contribution is 5.88. The molecule has 0 saturated carbocycles. The fraction of sp³-hybridized carbons (Fsp3) is 0.451. The van der Waals surface area contributed by atoms with Crippen molar-refractivity contribution in [1.82, 2.24) is 40.4 Å². The minimum absolute atomic E-state index is 0.0719. The second kappa shape index (κ2) is 19.4. The number of likely N-dealkylation sites (tertiary alicyclic amines) is 2. The molecule has 0 radical (unpaired) electrons. The van der Waals surface area contributed by atoms with Gasteiger partial charge >= 0.3 is 12.2 Å². The molecule has 4 aliphatic heterocycles. The molecule has 2 aromatic heterocycles. The van der Waals surface area contributed by atoms with Crippen molar-refractivity contribution in [3.63, 3.8) is 0 Å². The van der Waals surface area contributed by atoms with Crippen molar-refractivity contribution < 1.29 is 46.9 Å². The normalized spacial score (nSPS) is 21.0. The third kappa shape index (κ3) is 8.95. The molecule has 1 aliphatic carbocycles. The van der Waals surface area contributed by atoms with Gasteiger partial charge < -0.3 is 49.3 Å². The van der Waals surface area contributed by atoms with E-state index in [4.69, 9.17) is 23.9 Å². The van der Waals surface area contributed by atoms with Gasteiger partial charge in [-0.05, 0) is 103 Å². The summed E-state index contributed by atoms with van der Waals surface area (Å²) in [7, 11) is 2.55. The second-order valence-electron chi connectivity index (χ2n) is 18.5. The number of amides is 4. The van der Waals surface area contributed by atoms with E-state index in [1.807, 2.05) is 36.4 Å². The standard InChI is InChI=1S/C51H56F2N8O8/c1-66-49(64)58-43(31-15-21-68-22-16-31)47(62)60-19-3-5-41(60)45-54-27-39(56-45)30-9-7-29(8-10-30)33-11-13-35-36-14-12-34(26-38(36)51(52,53)37(35)25-33)40-28-55-46(57-40)42-6-4-20-61(42)48(63)44(59-50(65)67-2)32-17-23-69-24-18-32/h7-14,25-28,31-32,41-44H,3-6,15-24H2,1-2H3,(H,54,56)(H,55,57)(H,58,64)(H,59,65)/t41-,42-,43?,44-/m0/s1. The predicted molar refractivity (Wildman–Crippen MR) is 249 cm³/mol. The average molecular weight is 947 g/mol. The first kappa shape index (κ1) is 46.1. The Morgan fingerprint density at radius 3 is 1.52 bits per heavy atom. The molecule has 0 bridgehead atoms. The molecule has 4 saturated heterocycles. The van der Waals surface area contributed by atoms with Gasteiger partial charge in [-0.15, -0.1) is 0 Å². The fourth-order valence-corrected chi connectivity index (χ4v) is 10.9. The smallest absolute Gasteiger partial charge is 0.407 e. The Bertz CT molecular complexity index is 2710. The van der Waals surface area contributed by atoms with Crippen LogP contribution in [0.1, 0.15) is 86.2 Å². The summed E-state index contributed by atoms with van der Waals surface area (Å²) in [5.41, 5.74) is 4.87. The Labute approximate surface area is 397 Å². The van der Waals surface area contributed by atoms with Gasteiger partial charge in [-0.2, -0.15) is 8.78 Å². The van der Waals surface area contributed by atoms with Gasteiger partial charge in [-0.1, -0.05) is 48.5 Å². The third-order valence-corrected chi connectivity index (χ3v) is 14.7. The molecule has 69 heavy (non-hydrogen) atoms. The molecule has 18 heteroatoms. The number of carbonyl (C=O) groups is 4. The van der Waals surface area contributed by atoms with Gasteiger partial charge in [0.15, 0.2) is 0 Å². The molecule has 3 aromatic carbocycles. The molecule has 4 N–H and O–H groups in total. The van der Waals surface area contributed by atoms with Crippen LogP contribution in [-0.4, -0.2) is 120 Å². The molecular weight excluding hydrogens is 891 g/mol. The Morgan fingerprint density at radius 1 is 0.623 bits per heavy atom. The van der Waals surface area contributed by atoms with Crippen molar-refractivity contribution in [3.05, 3.63) is 95.8 Å². The van der Waals surface area contributed by atoms with Crippen LogP contribution in [0.25, 0.3) is 44.8 Å². The Kier molecular flexibility index (Phi) is 12.9. The van der Waals surface area contributed by atoms with Crippen LogP contribution in [0.4, 0.5) is 18.4 Å². The van der Waals surface area contributed by atoms with Crippen LogP contribution in [0.2, 0.25) is 0 Å². The summed E-state index contributed by atoms with van der Waals surface area (Å²) >= 11 is 0. The molecular formula is C51H56F2N8O8. The number of nitrogens with zero attached hydrogens (tertiary/aromatic N) is 4. The van der Waals surface area contributed by atoms with Gasteiger partial charge in [-0.3, -0.25) is 9.59 Å². The number of aromatic amines is 2. The molecule has 4 amide bonds. The number of fused-ring (bicyclic) bond motifs is 3. The third-order valence-electron chi connectivity index (χ3n) is 14.7. The van der Waals surface area contributed by atoms with Crippen molar-refractivity contribution in [2.24, 2.45) is 11.8 Å². The van der Waals surface area contributed by atoms with Crippen LogP contribution in [0.3, 0.4) is 0 Å². The summed E-state index contributed by atoms with van der Waals surface area (Å²) < 4.78 is 53.9. The minimum Gasteiger partial charge on any atom is -0.453 e. The minimum atomic E-state index is -3.28. The summed E-state index contributed by atoms with van der Waals surface area (Å²) in [6.45, 7) is 3.09. The van der Waals surface area contributed by atoms with Gasteiger partial charge in [0.25, 0.3) is 5.92 Å². The fourth-order valence-electron chi connectivity index (χ4n) is 10.9. The second-order valence-corrected chi connectivity index (χ2v) is 18.5. The number of imidazole rings is 2. The molecule has 5 aliphatic rings. The van der Waals surface area contributed by atoms with E-state index < -0.39 is 30.2 Å². The number of nitrogens with one attached hydrogen (secondary N) is 4. The van der Waals surface area contributed by atoms with E-state index >= 15 is 8.78 Å². The molecule has 16 nitrogen and oxygen atoms in total. The van der Waals surface area contributed by atoms with Crippen LogP contribution < -0.4 is 10.6 Å². The number of halogens is 2. The lowest BCUT2D eigenvalue weighted by atomic mass is 9.90. The van der Waals surface area contributed by atoms with E-state index in [2.05, 4.69) is 25.6 Å². The molecule has 0 spiro atoms.